The van der Waals surface area contributed by atoms with Crippen molar-refractivity contribution < 1.29 is 4.74 Å². The number of rotatable bonds is 4. The Morgan fingerprint density at radius 2 is 2.24 bits per heavy atom. The first-order chi connectivity index (χ1) is 10.2. The van der Waals surface area contributed by atoms with Gasteiger partial charge in [0.15, 0.2) is 0 Å². The van der Waals surface area contributed by atoms with Gasteiger partial charge in [-0.15, -0.1) is 0 Å². The quantitative estimate of drug-likeness (QED) is 0.922. The molecule has 2 aliphatic rings. The fourth-order valence-corrected chi connectivity index (χ4v) is 3.79. The van der Waals surface area contributed by atoms with Crippen LogP contribution >= 0.6 is 0 Å². The van der Waals surface area contributed by atoms with E-state index in [0.29, 0.717) is 0 Å². The molecular formula is C18H28N2O. The highest BCUT2D eigenvalue weighted by molar-refractivity contribution is 5.41. The van der Waals surface area contributed by atoms with Crippen LogP contribution < -0.4 is 10.1 Å². The van der Waals surface area contributed by atoms with Crippen LogP contribution in [0.25, 0.3) is 0 Å². The average molecular weight is 288 g/mol. The SMILES string of the molecule is CCN1CCCCC1(C)COc1cccc2c1CNCC2. The van der Waals surface area contributed by atoms with Crippen LogP contribution in [0.15, 0.2) is 18.2 Å². The summed E-state index contributed by atoms with van der Waals surface area (Å²) in [7, 11) is 0. The van der Waals surface area contributed by atoms with E-state index in [1.54, 1.807) is 0 Å². The average Bonchev–Trinajstić information content (AvgIpc) is 2.53. The summed E-state index contributed by atoms with van der Waals surface area (Å²) in [6, 6.07) is 6.51. The number of hydrogen-bond acceptors (Lipinski definition) is 3. The number of fused-ring (bicyclic) bond motifs is 1. The third kappa shape index (κ3) is 3.09. The highest BCUT2D eigenvalue weighted by Crippen LogP contribution is 2.30. The van der Waals surface area contributed by atoms with E-state index < -0.39 is 0 Å². The molecule has 0 saturated carbocycles. The summed E-state index contributed by atoms with van der Waals surface area (Å²) in [4.78, 5) is 2.59. The van der Waals surface area contributed by atoms with E-state index in [0.717, 1.165) is 38.4 Å². The first-order valence-corrected chi connectivity index (χ1v) is 8.42. The van der Waals surface area contributed by atoms with Crippen molar-refractivity contribution in [3.05, 3.63) is 29.3 Å². The molecule has 0 aromatic heterocycles. The molecule has 1 N–H and O–H groups in total. The Bertz CT molecular complexity index is 488. The van der Waals surface area contributed by atoms with Crippen LogP contribution in [-0.4, -0.2) is 36.7 Å². The van der Waals surface area contributed by atoms with Gasteiger partial charge in [0.25, 0.3) is 0 Å². The Kier molecular flexibility index (Phi) is 4.51. The molecule has 3 rings (SSSR count). The summed E-state index contributed by atoms with van der Waals surface area (Å²) in [6.45, 7) is 9.79. The predicted molar refractivity (Wildman–Crippen MR) is 86.9 cm³/mol. The Balaban J connectivity index is 1.72. The third-order valence-electron chi connectivity index (χ3n) is 5.18. The maximum absolute atomic E-state index is 6.30. The van der Waals surface area contributed by atoms with Crippen molar-refractivity contribution in [1.29, 1.82) is 0 Å². The van der Waals surface area contributed by atoms with E-state index >= 15 is 0 Å². The molecule has 1 unspecified atom stereocenters. The van der Waals surface area contributed by atoms with Crippen LogP contribution in [0, 0.1) is 0 Å². The van der Waals surface area contributed by atoms with Gasteiger partial charge in [-0.05, 0) is 57.5 Å². The monoisotopic (exact) mass is 288 g/mol. The van der Waals surface area contributed by atoms with Gasteiger partial charge in [0.05, 0.1) is 5.54 Å². The summed E-state index contributed by atoms with van der Waals surface area (Å²) in [5.74, 6) is 1.09. The van der Waals surface area contributed by atoms with Crippen molar-refractivity contribution in [3.63, 3.8) is 0 Å². The highest BCUT2D eigenvalue weighted by atomic mass is 16.5. The molecule has 2 aliphatic heterocycles. The second kappa shape index (κ2) is 6.37. The van der Waals surface area contributed by atoms with E-state index in [1.165, 1.54) is 36.9 Å². The van der Waals surface area contributed by atoms with E-state index in [4.69, 9.17) is 4.74 Å². The van der Waals surface area contributed by atoms with Gasteiger partial charge in [0.2, 0.25) is 0 Å². The number of piperidine rings is 1. The second-order valence-corrected chi connectivity index (χ2v) is 6.64. The maximum atomic E-state index is 6.30. The second-order valence-electron chi connectivity index (χ2n) is 6.64. The largest absolute Gasteiger partial charge is 0.491 e. The third-order valence-corrected chi connectivity index (χ3v) is 5.18. The smallest absolute Gasteiger partial charge is 0.124 e. The first kappa shape index (κ1) is 14.9. The standard InChI is InChI=1S/C18H28N2O/c1-3-20-12-5-4-10-18(20,2)14-21-17-8-6-7-15-9-11-19-13-16(15)17/h6-8,19H,3-5,9-14H2,1-2H3. The number of nitrogens with zero attached hydrogens (tertiary/aromatic N) is 1. The van der Waals surface area contributed by atoms with Gasteiger partial charge in [0.1, 0.15) is 12.4 Å². The van der Waals surface area contributed by atoms with Gasteiger partial charge >= 0.3 is 0 Å². The van der Waals surface area contributed by atoms with Crippen LogP contribution in [0.3, 0.4) is 0 Å². The molecule has 3 heteroatoms. The van der Waals surface area contributed by atoms with E-state index in [9.17, 15) is 0 Å². The molecule has 1 aromatic rings. The van der Waals surface area contributed by atoms with Gasteiger partial charge in [-0.3, -0.25) is 4.90 Å². The fourth-order valence-electron chi connectivity index (χ4n) is 3.79. The van der Waals surface area contributed by atoms with E-state index in [1.807, 2.05) is 0 Å². The normalized spacial score (nSPS) is 26.4. The van der Waals surface area contributed by atoms with Crippen LogP contribution in [0.1, 0.15) is 44.2 Å². The van der Waals surface area contributed by atoms with E-state index in [-0.39, 0.29) is 5.54 Å². The number of likely N-dealkylation sites (N-methyl/N-ethyl adjacent to an activating group) is 1. The minimum atomic E-state index is 0.192. The Morgan fingerprint density at radius 3 is 3.10 bits per heavy atom. The van der Waals surface area contributed by atoms with Crippen molar-refractivity contribution in [2.75, 3.05) is 26.2 Å². The Morgan fingerprint density at radius 1 is 1.33 bits per heavy atom. The van der Waals surface area contributed by atoms with Gasteiger partial charge in [0, 0.05) is 12.1 Å². The molecule has 0 amide bonds. The minimum absolute atomic E-state index is 0.192. The van der Waals surface area contributed by atoms with Crippen LogP contribution in [-0.2, 0) is 13.0 Å². The number of benzene rings is 1. The van der Waals surface area contributed by atoms with Gasteiger partial charge in [-0.1, -0.05) is 25.5 Å². The van der Waals surface area contributed by atoms with Crippen molar-refractivity contribution in [3.8, 4) is 5.75 Å². The molecule has 21 heavy (non-hydrogen) atoms. The van der Waals surface area contributed by atoms with Crippen molar-refractivity contribution in [2.24, 2.45) is 0 Å². The maximum Gasteiger partial charge on any atom is 0.124 e. The van der Waals surface area contributed by atoms with Crippen LogP contribution in [0.2, 0.25) is 0 Å². The molecule has 1 atom stereocenters. The molecule has 1 saturated heterocycles. The topological polar surface area (TPSA) is 24.5 Å². The van der Waals surface area contributed by atoms with Gasteiger partial charge in [-0.2, -0.15) is 0 Å². The van der Waals surface area contributed by atoms with Crippen molar-refractivity contribution in [2.45, 2.75) is 51.6 Å². The zero-order valence-electron chi connectivity index (χ0n) is 13.5. The molecular weight excluding hydrogens is 260 g/mol. The Hall–Kier alpha value is -1.06. The molecule has 0 aliphatic carbocycles. The Labute approximate surface area is 128 Å². The fraction of sp³-hybridized carbons (Fsp3) is 0.667. The predicted octanol–water partition coefficient (Wildman–Crippen LogP) is 2.98. The molecule has 3 nitrogen and oxygen atoms in total. The summed E-state index contributed by atoms with van der Waals surface area (Å²) in [5, 5.41) is 3.46. The van der Waals surface area contributed by atoms with Gasteiger partial charge in [-0.25, -0.2) is 0 Å². The lowest BCUT2D eigenvalue weighted by Crippen LogP contribution is -2.53. The van der Waals surface area contributed by atoms with Gasteiger partial charge < -0.3 is 10.1 Å². The lowest BCUT2D eigenvalue weighted by Gasteiger charge is -2.44. The highest BCUT2D eigenvalue weighted by Gasteiger charge is 2.34. The summed E-state index contributed by atoms with van der Waals surface area (Å²) < 4.78 is 6.30. The molecule has 116 valence electrons. The van der Waals surface area contributed by atoms with E-state index in [2.05, 4.69) is 42.3 Å². The zero-order chi connectivity index (χ0) is 14.7. The number of hydrogen-bond donors (Lipinski definition) is 1. The molecule has 2 heterocycles. The lowest BCUT2D eigenvalue weighted by molar-refractivity contribution is 0.0246. The minimum Gasteiger partial charge on any atom is -0.491 e. The van der Waals surface area contributed by atoms with Crippen molar-refractivity contribution in [1.82, 2.24) is 10.2 Å². The van der Waals surface area contributed by atoms with Crippen molar-refractivity contribution >= 4 is 0 Å². The van der Waals surface area contributed by atoms with Crippen LogP contribution in [0.4, 0.5) is 0 Å². The molecule has 1 fully saturated rings. The van der Waals surface area contributed by atoms with Crippen LogP contribution in [0.5, 0.6) is 5.75 Å². The molecule has 1 aromatic carbocycles. The number of nitrogens with one attached hydrogen (secondary N) is 1. The summed E-state index contributed by atoms with van der Waals surface area (Å²) in [6.07, 6.45) is 5.01. The zero-order valence-corrected chi connectivity index (χ0v) is 13.5. The molecule has 0 bridgehead atoms. The number of likely N-dealkylation sites (tertiary alicyclic amines) is 1. The first-order valence-electron chi connectivity index (χ1n) is 8.42. The number of ether oxygens (including phenoxy) is 1. The summed E-state index contributed by atoms with van der Waals surface area (Å²) in [5.41, 5.74) is 3.01. The molecule has 0 radical (unpaired) electrons. The summed E-state index contributed by atoms with van der Waals surface area (Å²) >= 11 is 0. The molecule has 0 spiro atoms. The lowest BCUT2D eigenvalue weighted by atomic mass is 9.89.